The number of rotatable bonds is 2. The van der Waals surface area contributed by atoms with Crippen LogP contribution in [0.2, 0.25) is 0 Å². The lowest BCUT2D eigenvalue weighted by Gasteiger charge is -2.22. The van der Waals surface area contributed by atoms with Gasteiger partial charge in [0.1, 0.15) is 0 Å². The third-order valence-electron chi connectivity index (χ3n) is 3.53. The quantitative estimate of drug-likeness (QED) is 0.735. The second-order valence-electron chi connectivity index (χ2n) is 4.90. The number of β-amino-alcohol motifs (C(OH)–C–C–N with tert-alkyl or cyclic N) is 1. The number of carbonyl (C=O) groups is 1. The molecule has 0 aromatic carbocycles. The highest BCUT2D eigenvalue weighted by Gasteiger charge is 2.34. The number of anilines is 1. The van der Waals surface area contributed by atoms with E-state index in [1.165, 1.54) is 4.90 Å². The monoisotopic (exact) mass is 276 g/mol. The molecule has 2 unspecified atom stereocenters. The molecule has 2 amide bonds. The van der Waals surface area contributed by atoms with Gasteiger partial charge in [-0.15, -0.1) is 0 Å². The largest absolute Gasteiger partial charge is 0.394 e. The van der Waals surface area contributed by atoms with Crippen molar-refractivity contribution in [2.24, 2.45) is 0 Å². The first-order valence-corrected chi connectivity index (χ1v) is 6.48. The van der Waals surface area contributed by atoms with E-state index in [4.69, 9.17) is 0 Å². The Morgan fingerprint density at radius 3 is 3.15 bits per heavy atom. The number of likely N-dealkylation sites (tertiary alicyclic amines) is 1. The van der Waals surface area contributed by atoms with Crippen LogP contribution < -0.4 is 5.32 Å². The molecule has 3 N–H and O–H groups in total. The smallest absolute Gasteiger partial charge is 0.322 e. The first-order valence-electron chi connectivity index (χ1n) is 6.48. The van der Waals surface area contributed by atoms with Gasteiger partial charge in [0.15, 0.2) is 0 Å². The van der Waals surface area contributed by atoms with Gasteiger partial charge in [-0.3, -0.25) is 0 Å². The normalized spacial score (nSPS) is 22.4. The number of urea groups is 1. The van der Waals surface area contributed by atoms with Gasteiger partial charge in [-0.1, -0.05) is 6.07 Å². The van der Waals surface area contributed by atoms with Crippen LogP contribution in [0.4, 0.5) is 10.5 Å². The minimum Gasteiger partial charge on any atom is -0.394 e. The highest BCUT2D eigenvalue weighted by Crippen LogP contribution is 2.21. The topological polar surface area (TPSA) is 90.1 Å². The molecule has 3 heterocycles. The van der Waals surface area contributed by atoms with Crippen LogP contribution in [0.5, 0.6) is 0 Å². The van der Waals surface area contributed by atoms with Crippen molar-refractivity contribution in [2.45, 2.75) is 18.6 Å². The van der Waals surface area contributed by atoms with E-state index in [1.807, 2.05) is 18.2 Å². The maximum Gasteiger partial charge on any atom is 0.322 e. The van der Waals surface area contributed by atoms with Crippen LogP contribution in [0.3, 0.4) is 0 Å². The zero-order valence-corrected chi connectivity index (χ0v) is 10.8. The fourth-order valence-corrected chi connectivity index (χ4v) is 2.53. The molecule has 2 atom stereocenters. The molecule has 1 fully saturated rings. The molecular formula is C13H16N4O3. The van der Waals surface area contributed by atoms with E-state index in [-0.39, 0.29) is 25.2 Å². The van der Waals surface area contributed by atoms with Crippen molar-refractivity contribution in [3.8, 4) is 0 Å². The van der Waals surface area contributed by atoms with Crippen LogP contribution in [-0.4, -0.2) is 56.1 Å². The number of aliphatic hydroxyl groups excluding tert-OH is 2. The molecule has 2 aromatic heterocycles. The average molecular weight is 276 g/mol. The molecule has 2 aromatic rings. The van der Waals surface area contributed by atoms with Crippen LogP contribution in [0.15, 0.2) is 30.6 Å². The molecule has 1 saturated heterocycles. The maximum absolute atomic E-state index is 12.2. The molecule has 1 aliphatic heterocycles. The van der Waals surface area contributed by atoms with Crippen molar-refractivity contribution in [1.29, 1.82) is 0 Å². The summed E-state index contributed by atoms with van der Waals surface area (Å²) in [6, 6.07) is 4.89. The number of aliphatic hydroxyl groups is 2. The molecule has 106 valence electrons. The Hall–Kier alpha value is -2.12. The Kier molecular flexibility index (Phi) is 3.29. The number of hydrogen-bond acceptors (Lipinski definition) is 4. The Labute approximate surface area is 115 Å². The van der Waals surface area contributed by atoms with Crippen molar-refractivity contribution in [3.05, 3.63) is 30.6 Å². The summed E-state index contributed by atoms with van der Waals surface area (Å²) in [7, 11) is 0. The highest BCUT2D eigenvalue weighted by molar-refractivity contribution is 5.94. The van der Waals surface area contributed by atoms with Crippen molar-refractivity contribution in [3.63, 3.8) is 0 Å². The van der Waals surface area contributed by atoms with Crippen molar-refractivity contribution < 1.29 is 15.0 Å². The molecule has 3 rings (SSSR count). The number of aromatic nitrogens is 2. The number of nitrogens with zero attached hydrogens (tertiary/aromatic N) is 3. The summed E-state index contributed by atoms with van der Waals surface area (Å²) >= 11 is 0. The lowest BCUT2D eigenvalue weighted by atomic mass is 10.2. The number of pyridine rings is 1. The Balaban J connectivity index is 1.79. The van der Waals surface area contributed by atoms with Gasteiger partial charge in [0.25, 0.3) is 0 Å². The van der Waals surface area contributed by atoms with Gasteiger partial charge in [0.2, 0.25) is 0 Å². The second kappa shape index (κ2) is 5.10. The standard InChI is InChI=1S/C13H16N4O3/c18-8-9-5-10(19)7-16(9)13(20)15-11-6-14-17-4-2-1-3-12(11)17/h1-4,6,9-10,18-19H,5,7-8H2,(H,15,20). The Morgan fingerprint density at radius 1 is 1.50 bits per heavy atom. The lowest BCUT2D eigenvalue weighted by Crippen LogP contribution is -2.40. The fourth-order valence-electron chi connectivity index (χ4n) is 2.53. The summed E-state index contributed by atoms with van der Waals surface area (Å²) in [4.78, 5) is 13.7. The number of fused-ring (bicyclic) bond motifs is 1. The number of hydrogen-bond donors (Lipinski definition) is 3. The third-order valence-corrected chi connectivity index (χ3v) is 3.53. The summed E-state index contributed by atoms with van der Waals surface area (Å²) in [5.74, 6) is 0. The zero-order chi connectivity index (χ0) is 14.1. The predicted molar refractivity (Wildman–Crippen MR) is 72.4 cm³/mol. The van der Waals surface area contributed by atoms with Gasteiger partial charge >= 0.3 is 6.03 Å². The van der Waals surface area contributed by atoms with Crippen LogP contribution in [0, 0.1) is 0 Å². The minimum absolute atomic E-state index is 0.154. The third kappa shape index (κ3) is 2.21. The van der Waals surface area contributed by atoms with Crippen molar-refractivity contribution in [2.75, 3.05) is 18.5 Å². The molecule has 7 heteroatoms. The molecule has 0 spiro atoms. The van der Waals surface area contributed by atoms with Crippen LogP contribution in [0.1, 0.15) is 6.42 Å². The average Bonchev–Trinajstić information content (AvgIpc) is 3.03. The minimum atomic E-state index is -0.582. The molecule has 0 aliphatic carbocycles. The van der Waals surface area contributed by atoms with Gasteiger partial charge in [0.05, 0.1) is 36.2 Å². The molecule has 20 heavy (non-hydrogen) atoms. The van der Waals surface area contributed by atoms with E-state index in [1.54, 1.807) is 16.9 Å². The van der Waals surface area contributed by atoms with E-state index in [9.17, 15) is 15.0 Å². The van der Waals surface area contributed by atoms with Gasteiger partial charge in [-0.25, -0.2) is 9.31 Å². The molecule has 0 saturated carbocycles. The van der Waals surface area contributed by atoms with Gasteiger partial charge in [0, 0.05) is 12.7 Å². The van der Waals surface area contributed by atoms with Gasteiger partial charge in [-0.2, -0.15) is 5.10 Å². The van der Waals surface area contributed by atoms with E-state index in [2.05, 4.69) is 10.4 Å². The number of amides is 2. The summed E-state index contributed by atoms with van der Waals surface area (Å²) in [5, 5.41) is 25.8. The maximum atomic E-state index is 12.2. The molecule has 1 aliphatic rings. The summed E-state index contributed by atoms with van der Waals surface area (Å²) in [5.41, 5.74) is 1.40. The Morgan fingerprint density at radius 2 is 2.35 bits per heavy atom. The number of nitrogens with one attached hydrogen (secondary N) is 1. The summed E-state index contributed by atoms with van der Waals surface area (Å²) in [6.07, 6.45) is 3.19. The van der Waals surface area contributed by atoms with E-state index in [0.29, 0.717) is 12.1 Å². The lowest BCUT2D eigenvalue weighted by molar-refractivity contribution is 0.164. The van der Waals surface area contributed by atoms with Crippen LogP contribution in [-0.2, 0) is 0 Å². The van der Waals surface area contributed by atoms with Crippen molar-refractivity contribution in [1.82, 2.24) is 14.5 Å². The molecule has 7 nitrogen and oxygen atoms in total. The van der Waals surface area contributed by atoms with Gasteiger partial charge < -0.3 is 20.4 Å². The van der Waals surface area contributed by atoms with Crippen LogP contribution >= 0.6 is 0 Å². The zero-order valence-electron chi connectivity index (χ0n) is 10.8. The highest BCUT2D eigenvalue weighted by atomic mass is 16.3. The molecular weight excluding hydrogens is 260 g/mol. The molecule has 0 bridgehead atoms. The second-order valence-corrected chi connectivity index (χ2v) is 4.90. The number of carbonyl (C=O) groups excluding carboxylic acids is 1. The van der Waals surface area contributed by atoms with Crippen molar-refractivity contribution >= 4 is 17.2 Å². The predicted octanol–water partition coefficient (Wildman–Crippen LogP) is 0.294. The van der Waals surface area contributed by atoms with E-state index in [0.717, 1.165) is 5.52 Å². The Bertz CT molecular complexity index is 627. The van der Waals surface area contributed by atoms with E-state index < -0.39 is 6.10 Å². The van der Waals surface area contributed by atoms with Crippen LogP contribution in [0.25, 0.3) is 5.52 Å². The summed E-state index contributed by atoms with van der Waals surface area (Å²) < 4.78 is 1.66. The van der Waals surface area contributed by atoms with E-state index >= 15 is 0 Å². The SMILES string of the molecule is O=C(Nc1cnn2ccccc12)N1CC(O)CC1CO. The fraction of sp³-hybridized carbons (Fsp3) is 0.385. The first-order chi connectivity index (χ1) is 9.69. The summed E-state index contributed by atoms with van der Waals surface area (Å²) in [6.45, 7) is 0.0789. The molecule has 0 radical (unpaired) electrons. The van der Waals surface area contributed by atoms with Gasteiger partial charge in [-0.05, 0) is 18.6 Å². The first kappa shape index (κ1) is 12.9.